The van der Waals surface area contributed by atoms with Gasteiger partial charge in [-0.1, -0.05) is 71.5 Å². The smallest absolute Gasteiger partial charge is 0.317 e. The third-order valence-electron chi connectivity index (χ3n) is 5.83. The first kappa shape index (κ1) is 29.0. The molecule has 1 rings (SSSR count). The van der Waals surface area contributed by atoms with Crippen LogP contribution in [-0.2, 0) is 9.22 Å². The second-order valence-electron chi connectivity index (χ2n) is 11.1. The molecule has 0 fully saturated rings. The quantitative estimate of drug-likeness (QED) is 0.140. The molecular formula is C26H44O3SSi2. The van der Waals surface area contributed by atoms with Crippen LogP contribution in [0.2, 0.25) is 37.8 Å². The summed E-state index contributed by atoms with van der Waals surface area (Å²) in [5.41, 5.74) is 3.43. The first-order valence-electron chi connectivity index (χ1n) is 11.8. The highest BCUT2D eigenvalue weighted by Gasteiger charge is 2.40. The normalized spacial score (nSPS) is 14.4. The van der Waals surface area contributed by atoms with Gasteiger partial charge in [-0.05, 0) is 49.5 Å². The number of carboxylic acids is 1. The Morgan fingerprint density at radius 1 is 1.06 bits per heavy atom. The van der Waals surface area contributed by atoms with Crippen LogP contribution in [0.15, 0.2) is 35.2 Å². The number of carbonyl (C=O) groups is 1. The zero-order valence-corrected chi connectivity index (χ0v) is 24.3. The first-order valence-corrected chi connectivity index (χ1v) is 19.1. The lowest BCUT2D eigenvalue weighted by atomic mass is 10.1. The van der Waals surface area contributed by atoms with Crippen molar-refractivity contribution in [3.63, 3.8) is 0 Å². The van der Waals surface area contributed by atoms with Gasteiger partial charge in [-0.15, -0.1) is 23.2 Å². The van der Waals surface area contributed by atoms with Gasteiger partial charge in [-0.25, -0.2) is 0 Å². The summed E-state index contributed by atoms with van der Waals surface area (Å²) in [5, 5.41) is 9.49. The molecule has 0 saturated carbocycles. The molecular weight excluding hydrogens is 449 g/mol. The third kappa shape index (κ3) is 11.7. The maximum Gasteiger partial charge on any atom is 0.317 e. The van der Waals surface area contributed by atoms with E-state index in [9.17, 15) is 9.90 Å². The Kier molecular flexibility index (Phi) is 11.8. The number of hydrogen-bond acceptors (Lipinski definition) is 3. The van der Waals surface area contributed by atoms with Crippen molar-refractivity contribution < 1.29 is 14.3 Å². The molecule has 0 aliphatic rings. The van der Waals surface area contributed by atoms with Gasteiger partial charge in [0.15, 0.2) is 8.32 Å². The Balaban J connectivity index is 2.78. The van der Waals surface area contributed by atoms with Crippen molar-refractivity contribution in [2.24, 2.45) is 0 Å². The van der Waals surface area contributed by atoms with E-state index in [0.717, 1.165) is 37.0 Å². The van der Waals surface area contributed by atoms with Crippen molar-refractivity contribution in [2.45, 2.75) is 113 Å². The summed E-state index contributed by atoms with van der Waals surface area (Å²) in [4.78, 5) is 13.0. The van der Waals surface area contributed by atoms with Crippen LogP contribution in [0.3, 0.4) is 0 Å². The standard InChI is InChI=1S/C26H44O3SSi2/c1-26(2,3)32(7,8)29-22(17-13-10-9-11-16-20-31(4,5)6)21-24(25(27)28)30-23-18-14-12-15-19-23/h12,14-15,18-19,22,24H,9-11,13,17,21H2,1-8H3,(H,27,28)/t22-,24?/m0/s1. The number of aliphatic carboxylic acids is 1. The first-order chi connectivity index (χ1) is 14.7. The molecule has 0 heterocycles. The van der Waals surface area contributed by atoms with Crippen molar-refractivity contribution in [2.75, 3.05) is 0 Å². The van der Waals surface area contributed by atoms with E-state index in [1.165, 1.54) is 11.8 Å². The molecule has 0 aliphatic heterocycles. The monoisotopic (exact) mass is 492 g/mol. The van der Waals surface area contributed by atoms with E-state index in [1.807, 2.05) is 30.3 Å². The average molecular weight is 493 g/mol. The van der Waals surface area contributed by atoms with Crippen LogP contribution in [0.5, 0.6) is 0 Å². The van der Waals surface area contributed by atoms with Gasteiger partial charge in [0.05, 0.1) is 0 Å². The molecule has 0 aromatic heterocycles. The topological polar surface area (TPSA) is 46.5 Å². The molecule has 0 bridgehead atoms. The minimum absolute atomic E-state index is 0.0266. The molecule has 1 unspecified atom stereocenters. The van der Waals surface area contributed by atoms with Crippen LogP contribution in [0.1, 0.15) is 59.3 Å². The van der Waals surface area contributed by atoms with Gasteiger partial charge in [-0.2, -0.15) is 0 Å². The fourth-order valence-electron chi connectivity index (χ4n) is 3.01. The third-order valence-corrected chi connectivity index (χ3v) is 12.5. The molecule has 0 aliphatic carbocycles. The summed E-state index contributed by atoms with van der Waals surface area (Å²) >= 11 is 1.43. The van der Waals surface area contributed by atoms with Crippen LogP contribution in [0.4, 0.5) is 0 Å². The number of hydrogen-bond donors (Lipinski definition) is 1. The Labute approximate surface area is 203 Å². The van der Waals surface area contributed by atoms with E-state index in [2.05, 4.69) is 65.0 Å². The van der Waals surface area contributed by atoms with Crippen LogP contribution in [0, 0.1) is 11.5 Å². The van der Waals surface area contributed by atoms with Crippen LogP contribution in [0.25, 0.3) is 0 Å². The molecule has 0 amide bonds. The number of rotatable bonds is 12. The highest BCUT2D eigenvalue weighted by atomic mass is 32.2. The zero-order valence-electron chi connectivity index (χ0n) is 21.5. The van der Waals surface area contributed by atoms with Gasteiger partial charge in [0.2, 0.25) is 0 Å². The van der Waals surface area contributed by atoms with Crippen molar-refractivity contribution in [1.82, 2.24) is 0 Å². The minimum atomic E-state index is -1.98. The molecule has 0 saturated heterocycles. The van der Waals surface area contributed by atoms with E-state index in [4.69, 9.17) is 4.43 Å². The highest BCUT2D eigenvalue weighted by Crippen LogP contribution is 2.39. The van der Waals surface area contributed by atoms with Crippen LogP contribution in [-0.4, -0.2) is 38.8 Å². The lowest BCUT2D eigenvalue weighted by Gasteiger charge is -2.40. The summed E-state index contributed by atoms with van der Waals surface area (Å²) in [5.74, 6) is 2.59. The second kappa shape index (κ2) is 13.0. The number of benzene rings is 1. The summed E-state index contributed by atoms with van der Waals surface area (Å²) in [7, 11) is -3.27. The van der Waals surface area contributed by atoms with Gasteiger partial charge in [0.1, 0.15) is 13.3 Å². The van der Waals surface area contributed by atoms with Crippen molar-refractivity contribution in [3.05, 3.63) is 30.3 Å². The van der Waals surface area contributed by atoms with Gasteiger partial charge in [-0.3, -0.25) is 4.79 Å². The molecule has 180 valence electrons. The second-order valence-corrected chi connectivity index (χ2v) is 21.9. The zero-order chi connectivity index (χ0) is 24.4. The summed E-state index contributed by atoms with van der Waals surface area (Å²) in [6, 6.07) is 9.82. The molecule has 32 heavy (non-hydrogen) atoms. The van der Waals surface area contributed by atoms with Gasteiger partial charge in [0, 0.05) is 17.4 Å². The molecule has 0 radical (unpaired) electrons. The van der Waals surface area contributed by atoms with E-state index >= 15 is 0 Å². The molecule has 2 atom stereocenters. The molecule has 1 N–H and O–H groups in total. The maximum atomic E-state index is 12.1. The van der Waals surface area contributed by atoms with Crippen molar-refractivity contribution in [1.29, 1.82) is 0 Å². The largest absolute Gasteiger partial charge is 0.480 e. The fraction of sp³-hybridized carbons (Fsp3) is 0.654. The Morgan fingerprint density at radius 3 is 2.22 bits per heavy atom. The fourth-order valence-corrected chi connectivity index (χ4v) is 6.12. The lowest BCUT2D eigenvalue weighted by molar-refractivity contribution is -0.136. The Bertz CT molecular complexity index is 755. The predicted octanol–water partition coefficient (Wildman–Crippen LogP) is 7.84. The van der Waals surface area contributed by atoms with Gasteiger partial charge < -0.3 is 9.53 Å². The molecule has 6 heteroatoms. The lowest BCUT2D eigenvalue weighted by Crippen LogP contribution is -2.44. The maximum absolute atomic E-state index is 12.1. The number of thioether (sulfide) groups is 1. The number of unbranched alkanes of at least 4 members (excludes halogenated alkanes) is 3. The van der Waals surface area contributed by atoms with E-state index in [-0.39, 0.29) is 11.1 Å². The Morgan fingerprint density at radius 2 is 1.69 bits per heavy atom. The predicted molar refractivity (Wildman–Crippen MR) is 145 cm³/mol. The van der Waals surface area contributed by atoms with E-state index in [0.29, 0.717) is 6.42 Å². The SMILES string of the molecule is CC(C)(C)[Si](C)(C)O[C@@H](CCCCCC#C[Si](C)(C)C)CC(Sc1ccccc1)C(=O)O. The number of carboxylic acid groups (broad SMARTS) is 1. The summed E-state index contributed by atoms with van der Waals surface area (Å²) < 4.78 is 6.73. The van der Waals surface area contributed by atoms with Crippen LogP contribution < -0.4 is 0 Å². The molecule has 0 spiro atoms. The van der Waals surface area contributed by atoms with Crippen molar-refractivity contribution >= 4 is 34.1 Å². The van der Waals surface area contributed by atoms with Gasteiger partial charge >= 0.3 is 5.97 Å². The van der Waals surface area contributed by atoms with Gasteiger partial charge in [0.25, 0.3) is 0 Å². The molecule has 1 aromatic rings. The Hall–Kier alpha value is -1.01. The highest BCUT2D eigenvalue weighted by molar-refractivity contribution is 8.00. The molecule has 3 nitrogen and oxygen atoms in total. The van der Waals surface area contributed by atoms with Crippen molar-refractivity contribution in [3.8, 4) is 11.5 Å². The van der Waals surface area contributed by atoms with Crippen LogP contribution >= 0.6 is 11.8 Å². The summed E-state index contributed by atoms with van der Waals surface area (Å²) in [6.07, 6.45) is 5.65. The molecule has 1 aromatic carbocycles. The minimum Gasteiger partial charge on any atom is -0.480 e. The summed E-state index contributed by atoms with van der Waals surface area (Å²) in [6.45, 7) is 18.0. The average Bonchev–Trinajstić information content (AvgIpc) is 2.65. The van der Waals surface area contributed by atoms with E-state index < -0.39 is 27.6 Å². The van der Waals surface area contributed by atoms with E-state index in [1.54, 1.807) is 0 Å².